The molecule has 3 heterocycles. The lowest BCUT2D eigenvalue weighted by Gasteiger charge is -2.09. The van der Waals surface area contributed by atoms with Crippen molar-refractivity contribution >= 4 is 11.7 Å². The predicted molar refractivity (Wildman–Crippen MR) is 111 cm³/mol. The lowest BCUT2D eigenvalue weighted by Crippen LogP contribution is -2.18. The number of aromatic nitrogens is 5. The number of aryl methyl sites for hydroxylation is 3. The molecule has 0 aliphatic carbocycles. The van der Waals surface area contributed by atoms with Gasteiger partial charge in [-0.3, -0.25) is 4.79 Å². The highest BCUT2D eigenvalue weighted by Gasteiger charge is 2.18. The Morgan fingerprint density at radius 2 is 1.83 bits per heavy atom. The van der Waals surface area contributed by atoms with Gasteiger partial charge in [-0.1, -0.05) is 18.2 Å². The third-order valence-electron chi connectivity index (χ3n) is 4.62. The fraction of sp³-hybridized carbons (Fsp3) is 0.136. The molecule has 7 nitrogen and oxygen atoms in total. The maximum absolute atomic E-state index is 14.2. The van der Waals surface area contributed by atoms with Crippen molar-refractivity contribution in [2.45, 2.75) is 20.8 Å². The molecule has 0 fully saturated rings. The number of pyridine rings is 1. The molecule has 0 saturated heterocycles. The zero-order chi connectivity index (χ0) is 21.3. The van der Waals surface area contributed by atoms with Crippen molar-refractivity contribution in [3.63, 3.8) is 0 Å². The summed E-state index contributed by atoms with van der Waals surface area (Å²) in [6.07, 6.45) is 1.55. The highest BCUT2D eigenvalue weighted by molar-refractivity contribution is 6.03. The average Bonchev–Trinajstić information content (AvgIpc) is 3.12. The standard InChI is InChI=1S/C22H19FN6O/c1-13-8-9-17(25-15(13)3)21-24-11-10-20(26-21)27-22(30)19-12-14(2)28-29(19)18-7-5-4-6-16(18)23/h4-12H,1-3H3,(H,24,26,27,30). The maximum atomic E-state index is 14.2. The van der Waals surface area contributed by atoms with Crippen LogP contribution < -0.4 is 5.32 Å². The van der Waals surface area contributed by atoms with Crippen molar-refractivity contribution in [3.05, 3.63) is 83.2 Å². The van der Waals surface area contributed by atoms with Gasteiger partial charge in [0.25, 0.3) is 5.91 Å². The Hall–Kier alpha value is -3.94. The number of halogens is 1. The van der Waals surface area contributed by atoms with Crippen LogP contribution in [-0.4, -0.2) is 30.6 Å². The highest BCUT2D eigenvalue weighted by Crippen LogP contribution is 2.19. The quantitative estimate of drug-likeness (QED) is 0.557. The summed E-state index contributed by atoms with van der Waals surface area (Å²) in [7, 11) is 0. The van der Waals surface area contributed by atoms with Crippen LogP contribution in [0.1, 0.15) is 27.4 Å². The fourth-order valence-corrected chi connectivity index (χ4v) is 2.96. The van der Waals surface area contributed by atoms with Gasteiger partial charge in [-0.15, -0.1) is 0 Å². The van der Waals surface area contributed by atoms with E-state index in [2.05, 4.69) is 25.4 Å². The number of amides is 1. The van der Waals surface area contributed by atoms with Gasteiger partial charge in [0.05, 0.1) is 5.69 Å². The largest absolute Gasteiger partial charge is 0.305 e. The summed E-state index contributed by atoms with van der Waals surface area (Å²) in [5.74, 6) is -0.227. The minimum absolute atomic E-state index is 0.193. The van der Waals surface area contributed by atoms with E-state index in [1.807, 2.05) is 26.0 Å². The van der Waals surface area contributed by atoms with Gasteiger partial charge >= 0.3 is 0 Å². The number of rotatable bonds is 4. The molecule has 0 saturated carbocycles. The van der Waals surface area contributed by atoms with E-state index in [4.69, 9.17) is 0 Å². The SMILES string of the molecule is Cc1cc(C(=O)Nc2ccnc(-c3ccc(C)c(C)n3)n2)n(-c2ccccc2F)n1. The molecule has 3 aromatic heterocycles. The van der Waals surface area contributed by atoms with Crippen molar-refractivity contribution in [1.29, 1.82) is 0 Å². The summed E-state index contributed by atoms with van der Waals surface area (Å²) in [6.45, 7) is 5.63. The molecule has 150 valence electrons. The summed E-state index contributed by atoms with van der Waals surface area (Å²) >= 11 is 0. The molecular formula is C22H19FN6O. The highest BCUT2D eigenvalue weighted by atomic mass is 19.1. The molecule has 0 bridgehead atoms. The minimum atomic E-state index is -0.472. The molecule has 1 aromatic carbocycles. The van der Waals surface area contributed by atoms with Crippen LogP contribution in [0.25, 0.3) is 17.2 Å². The number of nitrogens with one attached hydrogen (secondary N) is 1. The number of benzene rings is 1. The van der Waals surface area contributed by atoms with E-state index < -0.39 is 11.7 Å². The number of anilines is 1. The van der Waals surface area contributed by atoms with Crippen molar-refractivity contribution in [2.75, 3.05) is 5.32 Å². The Morgan fingerprint density at radius 1 is 1.03 bits per heavy atom. The summed E-state index contributed by atoms with van der Waals surface area (Å²) in [4.78, 5) is 26.0. The van der Waals surface area contributed by atoms with E-state index in [1.165, 1.54) is 10.7 Å². The molecule has 0 unspecified atom stereocenters. The second-order valence-corrected chi connectivity index (χ2v) is 6.85. The maximum Gasteiger partial charge on any atom is 0.275 e. The molecule has 1 amide bonds. The van der Waals surface area contributed by atoms with Crippen LogP contribution in [0.3, 0.4) is 0 Å². The van der Waals surface area contributed by atoms with Crippen LogP contribution >= 0.6 is 0 Å². The smallest absolute Gasteiger partial charge is 0.275 e. The summed E-state index contributed by atoms with van der Waals surface area (Å²) < 4.78 is 15.5. The van der Waals surface area contributed by atoms with Crippen LogP contribution in [0.2, 0.25) is 0 Å². The Balaban J connectivity index is 1.64. The predicted octanol–water partition coefficient (Wildman–Crippen LogP) is 4.04. The zero-order valence-electron chi connectivity index (χ0n) is 16.7. The third-order valence-corrected chi connectivity index (χ3v) is 4.62. The molecular weight excluding hydrogens is 383 g/mol. The van der Waals surface area contributed by atoms with Crippen molar-refractivity contribution in [1.82, 2.24) is 24.7 Å². The van der Waals surface area contributed by atoms with Gasteiger partial charge < -0.3 is 5.32 Å². The van der Waals surface area contributed by atoms with E-state index >= 15 is 0 Å². The van der Waals surface area contributed by atoms with Crippen molar-refractivity contribution in [2.24, 2.45) is 0 Å². The van der Waals surface area contributed by atoms with Gasteiger partial charge in [0.15, 0.2) is 5.82 Å². The Labute approximate surface area is 172 Å². The number of hydrogen-bond acceptors (Lipinski definition) is 5. The van der Waals surface area contributed by atoms with E-state index in [-0.39, 0.29) is 11.4 Å². The number of carbonyl (C=O) groups excluding carboxylic acids is 1. The van der Waals surface area contributed by atoms with E-state index in [0.29, 0.717) is 23.0 Å². The van der Waals surface area contributed by atoms with Gasteiger partial charge in [-0.2, -0.15) is 5.10 Å². The topological polar surface area (TPSA) is 85.6 Å². The second kappa shape index (κ2) is 7.82. The first-order valence-corrected chi connectivity index (χ1v) is 9.33. The van der Waals surface area contributed by atoms with Gasteiger partial charge in [0, 0.05) is 11.9 Å². The van der Waals surface area contributed by atoms with Crippen LogP contribution in [0.15, 0.2) is 54.7 Å². The molecule has 0 aliphatic heterocycles. The fourth-order valence-electron chi connectivity index (χ4n) is 2.96. The lowest BCUT2D eigenvalue weighted by atomic mass is 10.2. The molecule has 30 heavy (non-hydrogen) atoms. The number of hydrogen-bond donors (Lipinski definition) is 1. The third kappa shape index (κ3) is 3.80. The Morgan fingerprint density at radius 3 is 2.60 bits per heavy atom. The summed E-state index contributed by atoms with van der Waals surface area (Å²) in [5.41, 5.74) is 3.54. The Bertz CT molecular complexity index is 1250. The van der Waals surface area contributed by atoms with Gasteiger partial charge in [0.1, 0.15) is 28.7 Å². The van der Waals surface area contributed by atoms with Crippen LogP contribution in [0, 0.1) is 26.6 Å². The Kier molecular flexibility index (Phi) is 5.05. The lowest BCUT2D eigenvalue weighted by molar-refractivity contribution is 0.101. The first-order valence-electron chi connectivity index (χ1n) is 9.33. The zero-order valence-corrected chi connectivity index (χ0v) is 16.7. The molecule has 1 N–H and O–H groups in total. The molecule has 0 atom stereocenters. The number of carbonyl (C=O) groups is 1. The summed E-state index contributed by atoms with van der Waals surface area (Å²) in [5, 5.41) is 7.00. The van der Waals surface area contributed by atoms with Gasteiger partial charge in [0.2, 0.25) is 0 Å². The molecule has 0 radical (unpaired) electrons. The number of para-hydroxylation sites is 1. The van der Waals surface area contributed by atoms with Gasteiger partial charge in [-0.05, 0) is 56.7 Å². The van der Waals surface area contributed by atoms with Crippen LogP contribution in [-0.2, 0) is 0 Å². The van der Waals surface area contributed by atoms with E-state index in [1.54, 1.807) is 43.5 Å². The first kappa shape index (κ1) is 19.4. The first-order chi connectivity index (χ1) is 14.4. The van der Waals surface area contributed by atoms with E-state index in [9.17, 15) is 9.18 Å². The molecule has 0 aliphatic rings. The molecule has 4 aromatic rings. The van der Waals surface area contributed by atoms with Crippen molar-refractivity contribution < 1.29 is 9.18 Å². The van der Waals surface area contributed by atoms with Crippen LogP contribution in [0.4, 0.5) is 10.2 Å². The van der Waals surface area contributed by atoms with Crippen LogP contribution in [0.5, 0.6) is 0 Å². The normalized spacial score (nSPS) is 10.8. The van der Waals surface area contributed by atoms with Gasteiger partial charge in [-0.25, -0.2) is 24.0 Å². The number of nitrogens with zero attached hydrogens (tertiary/aromatic N) is 5. The second-order valence-electron chi connectivity index (χ2n) is 6.85. The summed E-state index contributed by atoms with van der Waals surface area (Å²) in [6, 6.07) is 13.1. The molecule has 4 rings (SSSR count). The monoisotopic (exact) mass is 402 g/mol. The minimum Gasteiger partial charge on any atom is -0.305 e. The van der Waals surface area contributed by atoms with Crippen molar-refractivity contribution in [3.8, 4) is 17.2 Å². The molecule has 8 heteroatoms. The van der Waals surface area contributed by atoms with E-state index in [0.717, 1.165) is 11.3 Å². The molecule has 0 spiro atoms. The average molecular weight is 402 g/mol.